The first-order chi connectivity index (χ1) is 16.3. The lowest BCUT2D eigenvalue weighted by atomic mass is 9.96. The van der Waals surface area contributed by atoms with E-state index in [2.05, 4.69) is 11.4 Å². The molecule has 3 rings (SSSR count). The first kappa shape index (κ1) is 25.0. The van der Waals surface area contributed by atoms with E-state index in [0.717, 1.165) is 11.1 Å². The number of nitrogens with one attached hydrogen (secondary N) is 1. The molecule has 0 saturated heterocycles. The normalized spacial score (nSPS) is 11.9. The van der Waals surface area contributed by atoms with Crippen LogP contribution in [-0.2, 0) is 14.8 Å². The fourth-order valence-corrected chi connectivity index (χ4v) is 5.13. The van der Waals surface area contributed by atoms with Crippen molar-refractivity contribution >= 4 is 21.6 Å². The predicted octanol–water partition coefficient (Wildman–Crippen LogP) is 4.76. The largest absolute Gasteiger partial charge is 0.356 e. The van der Waals surface area contributed by atoms with Gasteiger partial charge in [-0.2, -0.15) is 5.26 Å². The molecule has 0 heterocycles. The fourth-order valence-electron chi connectivity index (χ4n) is 3.62. The SMILES string of the molecule is Cc1ccc(S(=O)(=O)N(CCCNC(=O)CC(C)c2ccc(C#N)cc2)c2ccccc2)cc1. The van der Waals surface area contributed by atoms with Crippen LogP contribution >= 0.6 is 0 Å². The minimum atomic E-state index is -3.73. The summed E-state index contributed by atoms with van der Waals surface area (Å²) < 4.78 is 28.1. The van der Waals surface area contributed by atoms with Gasteiger partial charge in [-0.3, -0.25) is 9.10 Å². The molecule has 1 unspecified atom stereocenters. The van der Waals surface area contributed by atoms with Crippen molar-refractivity contribution in [1.82, 2.24) is 5.32 Å². The van der Waals surface area contributed by atoms with Crippen LogP contribution in [-0.4, -0.2) is 27.4 Å². The molecule has 6 nitrogen and oxygen atoms in total. The Morgan fingerprint density at radius 2 is 1.65 bits per heavy atom. The van der Waals surface area contributed by atoms with Crippen LogP contribution in [0.1, 0.15) is 42.4 Å². The maximum atomic E-state index is 13.3. The highest BCUT2D eigenvalue weighted by molar-refractivity contribution is 7.92. The van der Waals surface area contributed by atoms with Crippen molar-refractivity contribution in [2.45, 2.75) is 37.5 Å². The average Bonchev–Trinajstić information content (AvgIpc) is 2.84. The van der Waals surface area contributed by atoms with Crippen LogP contribution < -0.4 is 9.62 Å². The predicted molar refractivity (Wildman–Crippen MR) is 134 cm³/mol. The number of rotatable bonds is 10. The number of hydrogen-bond donors (Lipinski definition) is 1. The number of nitrogens with zero attached hydrogens (tertiary/aromatic N) is 2. The van der Waals surface area contributed by atoms with E-state index >= 15 is 0 Å². The Labute approximate surface area is 201 Å². The van der Waals surface area contributed by atoms with E-state index in [-0.39, 0.29) is 23.3 Å². The van der Waals surface area contributed by atoms with Gasteiger partial charge in [-0.15, -0.1) is 0 Å². The standard InChI is InChI=1S/C27H29N3O3S/c1-21-9-15-26(16-10-21)34(32,33)30(25-7-4-3-5-8-25)18-6-17-29-27(31)19-22(2)24-13-11-23(20-28)12-14-24/h3-5,7-16,22H,6,17-19H2,1-2H3,(H,29,31). The van der Waals surface area contributed by atoms with Gasteiger partial charge in [0.25, 0.3) is 10.0 Å². The minimum absolute atomic E-state index is 0.00970. The van der Waals surface area contributed by atoms with Gasteiger partial charge in [-0.05, 0) is 61.2 Å². The summed E-state index contributed by atoms with van der Waals surface area (Å²) in [7, 11) is -3.73. The zero-order valence-corrected chi connectivity index (χ0v) is 20.3. The van der Waals surface area contributed by atoms with E-state index in [1.54, 1.807) is 60.7 Å². The number of sulfonamides is 1. The van der Waals surface area contributed by atoms with Crippen LogP contribution in [0.3, 0.4) is 0 Å². The molecule has 7 heteroatoms. The van der Waals surface area contributed by atoms with Crippen molar-refractivity contribution in [1.29, 1.82) is 5.26 Å². The lowest BCUT2D eigenvalue weighted by Crippen LogP contribution is -2.34. The number of benzene rings is 3. The molecular weight excluding hydrogens is 446 g/mol. The third-order valence-electron chi connectivity index (χ3n) is 5.61. The molecule has 0 bridgehead atoms. The summed E-state index contributed by atoms with van der Waals surface area (Å²) in [5, 5.41) is 11.8. The van der Waals surface area contributed by atoms with Gasteiger partial charge in [0.05, 0.1) is 22.2 Å². The van der Waals surface area contributed by atoms with E-state index in [1.807, 2.05) is 32.0 Å². The molecule has 176 valence electrons. The van der Waals surface area contributed by atoms with E-state index < -0.39 is 10.0 Å². The number of carbonyl (C=O) groups is 1. The lowest BCUT2D eigenvalue weighted by molar-refractivity contribution is -0.121. The van der Waals surface area contributed by atoms with Gasteiger partial charge in [0, 0.05) is 19.5 Å². The molecule has 0 saturated carbocycles. The van der Waals surface area contributed by atoms with Crippen molar-refractivity contribution in [2.24, 2.45) is 0 Å². The van der Waals surface area contributed by atoms with Crippen LogP contribution in [0.4, 0.5) is 5.69 Å². The molecule has 0 fully saturated rings. The Morgan fingerprint density at radius 3 is 2.26 bits per heavy atom. The van der Waals surface area contributed by atoms with Crippen LogP contribution in [0.5, 0.6) is 0 Å². The third-order valence-corrected chi connectivity index (χ3v) is 7.46. The van der Waals surface area contributed by atoms with Gasteiger partial charge >= 0.3 is 0 Å². The van der Waals surface area contributed by atoms with Gasteiger partial charge in [-0.25, -0.2) is 8.42 Å². The molecule has 0 aliphatic rings. The molecule has 3 aromatic carbocycles. The molecule has 0 radical (unpaired) electrons. The van der Waals surface area contributed by atoms with Crippen LogP contribution in [0.15, 0.2) is 83.8 Å². The van der Waals surface area contributed by atoms with E-state index in [9.17, 15) is 13.2 Å². The summed E-state index contributed by atoms with van der Waals surface area (Å²) >= 11 is 0. The lowest BCUT2D eigenvalue weighted by Gasteiger charge is -2.25. The number of para-hydroxylation sites is 1. The van der Waals surface area contributed by atoms with E-state index in [4.69, 9.17) is 5.26 Å². The Kier molecular flexibility index (Phi) is 8.44. The molecule has 1 N–H and O–H groups in total. The molecular formula is C27H29N3O3S. The highest BCUT2D eigenvalue weighted by Gasteiger charge is 2.24. The van der Waals surface area contributed by atoms with E-state index in [0.29, 0.717) is 30.6 Å². The molecule has 0 spiro atoms. The summed E-state index contributed by atoms with van der Waals surface area (Å²) in [6.07, 6.45) is 0.785. The maximum absolute atomic E-state index is 13.3. The van der Waals surface area contributed by atoms with Crippen molar-refractivity contribution in [3.63, 3.8) is 0 Å². The summed E-state index contributed by atoms with van der Waals surface area (Å²) in [6, 6.07) is 25.1. The maximum Gasteiger partial charge on any atom is 0.264 e. The second-order valence-electron chi connectivity index (χ2n) is 8.27. The van der Waals surface area contributed by atoms with Crippen LogP contribution in [0.25, 0.3) is 0 Å². The molecule has 0 aliphatic carbocycles. The van der Waals surface area contributed by atoms with Gasteiger partial charge in [0.2, 0.25) is 5.91 Å². The van der Waals surface area contributed by atoms with E-state index in [1.165, 1.54) is 4.31 Å². The highest BCUT2D eigenvalue weighted by atomic mass is 32.2. The zero-order valence-electron chi connectivity index (χ0n) is 19.4. The zero-order chi connectivity index (χ0) is 24.6. The summed E-state index contributed by atoms with van der Waals surface area (Å²) in [5.41, 5.74) is 3.16. The fraction of sp³-hybridized carbons (Fsp3) is 0.259. The second-order valence-corrected chi connectivity index (χ2v) is 10.1. The second kappa shape index (κ2) is 11.5. The van der Waals surface area contributed by atoms with Gasteiger partial charge in [0.15, 0.2) is 0 Å². The van der Waals surface area contributed by atoms with Crippen molar-refractivity contribution < 1.29 is 13.2 Å². The summed E-state index contributed by atoms with van der Waals surface area (Å²) in [5.74, 6) is -0.0833. The Bertz CT molecular complexity index is 1230. The quantitative estimate of drug-likeness (QED) is 0.428. The van der Waals surface area contributed by atoms with Crippen molar-refractivity contribution in [3.05, 3.63) is 95.6 Å². The minimum Gasteiger partial charge on any atom is -0.356 e. The van der Waals surface area contributed by atoms with Crippen molar-refractivity contribution in [2.75, 3.05) is 17.4 Å². The summed E-state index contributed by atoms with van der Waals surface area (Å²) in [6.45, 7) is 4.49. The number of nitriles is 1. The number of aryl methyl sites for hydroxylation is 1. The van der Waals surface area contributed by atoms with Gasteiger partial charge in [-0.1, -0.05) is 55.0 Å². The Balaban J connectivity index is 1.59. The molecule has 0 aromatic heterocycles. The first-order valence-corrected chi connectivity index (χ1v) is 12.7. The smallest absolute Gasteiger partial charge is 0.264 e. The number of hydrogen-bond acceptors (Lipinski definition) is 4. The number of amides is 1. The van der Waals surface area contributed by atoms with Crippen LogP contribution in [0.2, 0.25) is 0 Å². The number of carbonyl (C=O) groups excluding carboxylic acids is 1. The molecule has 0 aliphatic heterocycles. The number of anilines is 1. The average molecular weight is 476 g/mol. The van der Waals surface area contributed by atoms with Crippen molar-refractivity contribution in [3.8, 4) is 6.07 Å². The first-order valence-electron chi connectivity index (χ1n) is 11.2. The molecule has 1 amide bonds. The Hall–Kier alpha value is -3.63. The van der Waals surface area contributed by atoms with Gasteiger partial charge in [0.1, 0.15) is 0 Å². The molecule has 34 heavy (non-hydrogen) atoms. The third kappa shape index (κ3) is 6.46. The summed E-state index contributed by atoms with van der Waals surface area (Å²) in [4.78, 5) is 12.7. The molecule has 3 aromatic rings. The van der Waals surface area contributed by atoms with Crippen LogP contribution in [0, 0.1) is 18.3 Å². The van der Waals surface area contributed by atoms with Gasteiger partial charge < -0.3 is 5.32 Å². The topological polar surface area (TPSA) is 90.3 Å². The highest BCUT2D eigenvalue weighted by Crippen LogP contribution is 2.24. The monoisotopic (exact) mass is 475 g/mol. The molecule has 1 atom stereocenters. The Morgan fingerprint density at radius 1 is 1.00 bits per heavy atom.